The van der Waals surface area contributed by atoms with E-state index in [9.17, 15) is 14.7 Å². The number of piperidine rings is 1. The van der Waals surface area contributed by atoms with Gasteiger partial charge in [-0.25, -0.2) is 4.79 Å². The summed E-state index contributed by atoms with van der Waals surface area (Å²) < 4.78 is 0. The molecular weight excluding hydrogens is 288 g/mol. The smallest absolute Gasteiger partial charge is 0.317 e. The highest BCUT2D eigenvalue weighted by atomic mass is 32.2. The van der Waals surface area contributed by atoms with E-state index in [-0.39, 0.29) is 12.1 Å². The quantitative estimate of drug-likeness (QED) is 0.837. The molecule has 0 aromatic heterocycles. The number of nitrogens with one attached hydrogen (secondary N) is 1. The number of amides is 2. The lowest BCUT2D eigenvalue weighted by Crippen LogP contribution is -2.51. The zero-order valence-electron chi connectivity index (χ0n) is 12.9. The fourth-order valence-corrected chi connectivity index (χ4v) is 4.20. The highest BCUT2D eigenvalue weighted by molar-refractivity contribution is 7.99. The molecule has 2 fully saturated rings. The number of carboxylic acids is 1. The molecule has 1 heterocycles. The fourth-order valence-electron chi connectivity index (χ4n) is 3.41. The summed E-state index contributed by atoms with van der Waals surface area (Å²) in [5, 5.41) is 13.2. The Bertz CT molecular complexity index is 394. The van der Waals surface area contributed by atoms with Crippen molar-refractivity contribution < 1.29 is 14.7 Å². The minimum atomic E-state index is -0.719. The molecule has 5 nitrogen and oxygen atoms in total. The number of nitrogens with zero attached hydrogens (tertiary/aromatic N) is 1. The molecule has 120 valence electrons. The molecule has 2 aliphatic rings. The Balaban J connectivity index is 1.82. The summed E-state index contributed by atoms with van der Waals surface area (Å²) in [5.74, 6) is -0.719. The Kier molecular flexibility index (Phi) is 5.41. The molecule has 1 saturated carbocycles. The molecule has 2 amide bonds. The highest BCUT2D eigenvalue weighted by Gasteiger charge is 2.41. The molecule has 1 aliphatic carbocycles. The molecule has 1 aliphatic heterocycles. The van der Waals surface area contributed by atoms with Gasteiger partial charge in [-0.3, -0.25) is 4.79 Å². The van der Waals surface area contributed by atoms with Gasteiger partial charge < -0.3 is 15.3 Å². The van der Waals surface area contributed by atoms with E-state index in [1.807, 2.05) is 18.7 Å². The Morgan fingerprint density at radius 2 is 2.00 bits per heavy atom. The maximum atomic E-state index is 12.3. The third kappa shape index (κ3) is 3.65. The third-order valence-electron chi connectivity index (χ3n) is 5.18. The largest absolute Gasteiger partial charge is 0.481 e. The molecule has 6 heteroatoms. The van der Waals surface area contributed by atoms with Crippen molar-refractivity contribution in [2.24, 2.45) is 5.41 Å². The number of carbonyl (C=O) groups excluding carboxylic acids is 1. The number of likely N-dealkylation sites (tertiary alicyclic amines) is 1. The average molecular weight is 314 g/mol. The van der Waals surface area contributed by atoms with E-state index < -0.39 is 11.4 Å². The van der Waals surface area contributed by atoms with Gasteiger partial charge >= 0.3 is 12.0 Å². The zero-order chi connectivity index (χ0) is 15.5. The number of thioether (sulfide) groups is 1. The van der Waals surface area contributed by atoms with E-state index in [1.54, 1.807) is 4.90 Å². The van der Waals surface area contributed by atoms with Crippen LogP contribution in [0.5, 0.6) is 0 Å². The zero-order valence-corrected chi connectivity index (χ0v) is 13.7. The summed E-state index contributed by atoms with van der Waals surface area (Å²) in [4.78, 5) is 25.5. The standard InChI is InChI=1S/C15H26N2O3S/c1-3-15(13(18)19)6-8-17(9-7-15)14(20)16-11-4-5-12(10-11)21-2/h11-12H,3-10H2,1-2H3,(H,16,20)(H,18,19). The van der Waals surface area contributed by atoms with Crippen LogP contribution in [0.3, 0.4) is 0 Å². The van der Waals surface area contributed by atoms with Crippen LogP contribution < -0.4 is 5.32 Å². The molecule has 2 unspecified atom stereocenters. The third-order valence-corrected chi connectivity index (χ3v) is 6.28. The summed E-state index contributed by atoms with van der Waals surface area (Å²) >= 11 is 1.87. The predicted octanol–water partition coefficient (Wildman–Crippen LogP) is 2.56. The highest BCUT2D eigenvalue weighted by Crippen LogP contribution is 2.35. The SMILES string of the molecule is CCC1(C(=O)O)CCN(C(=O)NC2CCC(SC)C2)CC1. The van der Waals surface area contributed by atoms with Crippen molar-refractivity contribution in [1.82, 2.24) is 10.2 Å². The van der Waals surface area contributed by atoms with E-state index in [2.05, 4.69) is 11.6 Å². The second kappa shape index (κ2) is 6.90. The van der Waals surface area contributed by atoms with E-state index >= 15 is 0 Å². The van der Waals surface area contributed by atoms with Crippen LogP contribution in [0.2, 0.25) is 0 Å². The Morgan fingerprint density at radius 1 is 1.33 bits per heavy atom. The summed E-state index contributed by atoms with van der Waals surface area (Å²) in [7, 11) is 0. The van der Waals surface area contributed by atoms with E-state index in [0.29, 0.717) is 37.6 Å². The van der Waals surface area contributed by atoms with Crippen molar-refractivity contribution in [3.05, 3.63) is 0 Å². The first kappa shape index (κ1) is 16.5. The second-order valence-corrected chi connectivity index (χ2v) is 7.38. The molecule has 0 aromatic rings. The summed E-state index contributed by atoms with van der Waals surface area (Å²) in [6.07, 6.45) is 7.15. The van der Waals surface area contributed by atoms with Gasteiger partial charge in [0, 0.05) is 24.4 Å². The first-order chi connectivity index (χ1) is 10.0. The van der Waals surface area contributed by atoms with Crippen molar-refractivity contribution in [1.29, 1.82) is 0 Å². The minimum absolute atomic E-state index is 0.0168. The minimum Gasteiger partial charge on any atom is -0.481 e. The van der Waals surface area contributed by atoms with Crippen molar-refractivity contribution in [3.63, 3.8) is 0 Å². The van der Waals surface area contributed by atoms with Crippen LogP contribution in [0.1, 0.15) is 45.4 Å². The summed E-state index contributed by atoms with van der Waals surface area (Å²) in [5.41, 5.74) is -0.631. The van der Waals surface area contributed by atoms with Crippen LogP contribution in [0.4, 0.5) is 4.79 Å². The Morgan fingerprint density at radius 3 is 2.48 bits per heavy atom. The number of urea groups is 1. The molecule has 21 heavy (non-hydrogen) atoms. The maximum absolute atomic E-state index is 12.3. The first-order valence-electron chi connectivity index (χ1n) is 7.82. The van der Waals surface area contributed by atoms with Crippen LogP contribution >= 0.6 is 11.8 Å². The van der Waals surface area contributed by atoms with Crippen LogP contribution in [0.25, 0.3) is 0 Å². The normalized spacial score (nSPS) is 28.4. The molecule has 0 aromatic carbocycles. The fraction of sp³-hybridized carbons (Fsp3) is 0.867. The van der Waals surface area contributed by atoms with Crippen LogP contribution in [-0.4, -0.2) is 52.6 Å². The summed E-state index contributed by atoms with van der Waals surface area (Å²) in [6, 6.07) is 0.268. The number of aliphatic carboxylic acids is 1. The number of carboxylic acid groups (broad SMARTS) is 1. The maximum Gasteiger partial charge on any atom is 0.317 e. The van der Waals surface area contributed by atoms with Crippen LogP contribution in [0, 0.1) is 5.41 Å². The van der Waals surface area contributed by atoms with Gasteiger partial charge in [-0.1, -0.05) is 6.92 Å². The average Bonchev–Trinajstić information content (AvgIpc) is 2.94. The topological polar surface area (TPSA) is 69.6 Å². The molecule has 0 radical (unpaired) electrons. The second-order valence-electron chi connectivity index (χ2n) is 6.24. The lowest BCUT2D eigenvalue weighted by Gasteiger charge is -2.38. The monoisotopic (exact) mass is 314 g/mol. The first-order valence-corrected chi connectivity index (χ1v) is 9.11. The molecular formula is C15H26N2O3S. The number of carbonyl (C=O) groups is 2. The van der Waals surface area contributed by atoms with E-state index in [4.69, 9.17) is 0 Å². The van der Waals surface area contributed by atoms with E-state index in [0.717, 1.165) is 12.8 Å². The Labute approximate surface area is 130 Å². The number of hydrogen-bond acceptors (Lipinski definition) is 3. The van der Waals surface area contributed by atoms with Crippen LogP contribution in [0.15, 0.2) is 0 Å². The van der Waals surface area contributed by atoms with Gasteiger partial charge in [-0.2, -0.15) is 11.8 Å². The molecule has 0 bridgehead atoms. The number of hydrogen-bond donors (Lipinski definition) is 2. The van der Waals surface area contributed by atoms with Gasteiger partial charge in [0.2, 0.25) is 0 Å². The van der Waals surface area contributed by atoms with Gasteiger partial charge in [0.15, 0.2) is 0 Å². The molecule has 2 rings (SSSR count). The molecule has 2 N–H and O–H groups in total. The lowest BCUT2D eigenvalue weighted by molar-refractivity contribution is -0.151. The molecule has 0 spiro atoms. The van der Waals surface area contributed by atoms with Crippen molar-refractivity contribution in [2.75, 3.05) is 19.3 Å². The van der Waals surface area contributed by atoms with Gasteiger partial charge in [0.05, 0.1) is 5.41 Å². The lowest BCUT2D eigenvalue weighted by atomic mass is 9.76. The van der Waals surface area contributed by atoms with Gasteiger partial charge in [0.1, 0.15) is 0 Å². The summed E-state index contributed by atoms with van der Waals surface area (Å²) in [6.45, 7) is 3.01. The van der Waals surface area contributed by atoms with Gasteiger partial charge in [-0.05, 0) is 44.8 Å². The van der Waals surface area contributed by atoms with Crippen molar-refractivity contribution >= 4 is 23.8 Å². The van der Waals surface area contributed by atoms with Gasteiger partial charge in [-0.15, -0.1) is 0 Å². The Hall–Kier alpha value is -0.910. The predicted molar refractivity (Wildman–Crippen MR) is 84.6 cm³/mol. The van der Waals surface area contributed by atoms with Crippen LogP contribution in [-0.2, 0) is 4.79 Å². The molecule has 1 saturated heterocycles. The van der Waals surface area contributed by atoms with Crippen molar-refractivity contribution in [2.45, 2.75) is 56.7 Å². The van der Waals surface area contributed by atoms with E-state index in [1.165, 1.54) is 6.42 Å². The van der Waals surface area contributed by atoms with Gasteiger partial charge in [0.25, 0.3) is 0 Å². The van der Waals surface area contributed by atoms with Crippen molar-refractivity contribution in [3.8, 4) is 0 Å². The number of rotatable bonds is 4. The molecule has 2 atom stereocenters.